The first-order valence-corrected chi connectivity index (χ1v) is 7.43. The molecule has 0 amide bonds. The van der Waals surface area contributed by atoms with E-state index in [4.69, 9.17) is 5.73 Å². The van der Waals surface area contributed by atoms with Crippen molar-refractivity contribution in [3.63, 3.8) is 0 Å². The molecular formula is C12H24N2S. The summed E-state index contributed by atoms with van der Waals surface area (Å²) in [6.45, 7) is 4.55. The monoisotopic (exact) mass is 228 g/mol. The van der Waals surface area contributed by atoms with Crippen LogP contribution in [0.5, 0.6) is 0 Å². The second kappa shape index (κ2) is 5.55. The normalized spacial score (nSPS) is 38.4. The summed E-state index contributed by atoms with van der Waals surface area (Å²) >= 11 is 2.15. The lowest BCUT2D eigenvalue weighted by atomic mass is 9.96. The Morgan fingerprint density at radius 1 is 1.40 bits per heavy atom. The second-order valence-corrected chi connectivity index (χ2v) is 6.47. The zero-order valence-electron chi connectivity index (χ0n) is 9.82. The van der Waals surface area contributed by atoms with Crippen molar-refractivity contribution in [1.29, 1.82) is 0 Å². The van der Waals surface area contributed by atoms with E-state index >= 15 is 0 Å². The van der Waals surface area contributed by atoms with Crippen molar-refractivity contribution in [2.24, 2.45) is 5.73 Å². The summed E-state index contributed by atoms with van der Waals surface area (Å²) < 4.78 is 0. The number of likely N-dealkylation sites (tertiary alicyclic amines) is 1. The summed E-state index contributed by atoms with van der Waals surface area (Å²) in [4.78, 5) is 2.77. The van der Waals surface area contributed by atoms with Gasteiger partial charge in [-0.05, 0) is 38.8 Å². The summed E-state index contributed by atoms with van der Waals surface area (Å²) in [5.74, 6) is 1.35. The lowest BCUT2D eigenvalue weighted by molar-refractivity contribution is 0.0997. The van der Waals surface area contributed by atoms with Crippen LogP contribution in [0, 0.1) is 0 Å². The molecule has 2 heterocycles. The summed E-state index contributed by atoms with van der Waals surface area (Å²) in [5.41, 5.74) is 5.72. The number of thioether (sulfide) groups is 1. The van der Waals surface area contributed by atoms with Crippen LogP contribution >= 0.6 is 11.8 Å². The number of hydrogen-bond donors (Lipinski definition) is 1. The summed E-state index contributed by atoms with van der Waals surface area (Å²) in [6, 6.07) is 1.64. The molecular weight excluding hydrogens is 204 g/mol. The molecule has 2 N–H and O–H groups in total. The van der Waals surface area contributed by atoms with Crippen molar-refractivity contribution in [3.05, 3.63) is 0 Å². The van der Waals surface area contributed by atoms with Gasteiger partial charge in [-0.25, -0.2) is 0 Å². The Kier molecular flexibility index (Phi) is 4.35. The fraction of sp³-hybridized carbons (Fsp3) is 1.00. The minimum Gasteiger partial charge on any atom is -0.330 e. The van der Waals surface area contributed by atoms with Gasteiger partial charge < -0.3 is 5.73 Å². The van der Waals surface area contributed by atoms with Gasteiger partial charge in [0.15, 0.2) is 0 Å². The molecule has 0 aliphatic carbocycles. The molecule has 2 aliphatic rings. The standard InChI is InChI=1S/C12H24N2S/c1-10-8-12(9-15-10)14-7-3-2-4-11(14)5-6-13/h10-12H,2-9,13H2,1H3. The van der Waals surface area contributed by atoms with Gasteiger partial charge in [0.05, 0.1) is 0 Å². The maximum atomic E-state index is 5.72. The van der Waals surface area contributed by atoms with E-state index in [2.05, 4.69) is 23.6 Å². The maximum Gasteiger partial charge on any atom is 0.0199 e. The number of hydrogen-bond acceptors (Lipinski definition) is 3. The van der Waals surface area contributed by atoms with Crippen LogP contribution < -0.4 is 5.73 Å². The Labute approximate surface area is 98.0 Å². The van der Waals surface area contributed by atoms with Crippen molar-refractivity contribution in [2.75, 3.05) is 18.8 Å². The van der Waals surface area contributed by atoms with Crippen LogP contribution in [0.2, 0.25) is 0 Å². The van der Waals surface area contributed by atoms with Gasteiger partial charge in [0.2, 0.25) is 0 Å². The van der Waals surface area contributed by atoms with Crippen molar-refractivity contribution in [1.82, 2.24) is 4.90 Å². The first kappa shape index (κ1) is 11.7. The Morgan fingerprint density at radius 3 is 2.93 bits per heavy atom. The minimum atomic E-state index is 0.791. The number of piperidine rings is 1. The molecule has 88 valence electrons. The van der Waals surface area contributed by atoms with Gasteiger partial charge >= 0.3 is 0 Å². The molecule has 2 aliphatic heterocycles. The molecule has 2 rings (SSSR count). The van der Waals surface area contributed by atoms with Crippen LogP contribution in [0.1, 0.15) is 39.0 Å². The summed E-state index contributed by atoms with van der Waals surface area (Å²) in [7, 11) is 0. The van der Waals surface area contributed by atoms with Crippen LogP contribution in [0.15, 0.2) is 0 Å². The molecule has 2 nitrogen and oxygen atoms in total. The van der Waals surface area contributed by atoms with E-state index < -0.39 is 0 Å². The zero-order valence-corrected chi connectivity index (χ0v) is 10.6. The predicted octanol–water partition coefficient (Wildman–Crippen LogP) is 2.08. The van der Waals surface area contributed by atoms with E-state index in [0.717, 1.165) is 23.9 Å². The average molecular weight is 228 g/mol. The number of nitrogens with zero attached hydrogens (tertiary/aromatic N) is 1. The first-order valence-electron chi connectivity index (χ1n) is 6.38. The van der Waals surface area contributed by atoms with Crippen LogP contribution in [-0.2, 0) is 0 Å². The van der Waals surface area contributed by atoms with Gasteiger partial charge in [0, 0.05) is 23.1 Å². The van der Waals surface area contributed by atoms with Crippen molar-refractivity contribution in [2.45, 2.75) is 56.4 Å². The molecule has 0 aromatic carbocycles. The van der Waals surface area contributed by atoms with Gasteiger partial charge in [-0.1, -0.05) is 13.3 Å². The van der Waals surface area contributed by atoms with Gasteiger partial charge in [0.1, 0.15) is 0 Å². The zero-order chi connectivity index (χ0) is 10.7. The third-order valence-corrected chi connectivity index (χ3v) is 5.16. The van der Waals surface area contributed by atoms with Crippen LogP contribution in [-0.4, -0.2) is 41.1 Å². The quantitative estimate of drug-likeness (QED) is 0.802. The lowest BCUT2D eigenvalue weighted by Gasteiger charge is -2.39. The molecule has 3 heteroatoms. The van der Waals surface area contributed by atoms with E-state index in [1.807, 2.05) is 0 Å². The van der Waals surface area contributed by atoms with E-state index in [1.54, 1.807) is 0 Å². The van der Waals surface area contributed by atoms with E-state index in [9.17, 15) is 0 Å². The Bertz CT molecular complexity index is 191. The molecule has 0 spiro atoms. The minimum absolute atomic E-state index is 0.791. The smallest absolute Gasteiger partial charge is 0.0199 e. The molecule has 0 radical (unpaired) electrons. The van der Waals surface area contributed by atoms with Crippen molar-refractivity contribution in [3.8, 4) is 0 Å². The topological polar surface area (TPSA) is 29.3 Å². The summed E-state index contributed by atoms with van der Waals surface area (Å²) in [5, 5.41) is 0.871. The molecule has 3 atom stereocenters. The van der Waals surface area contributed by atoms with E-state index in [1.165, 1.54) is 44.4 Å². The van der Waals surface area contributed by atoms with Crippen molar-refractivity contribution < 1.29 is 0 Å². The summed E-state index contributed by atoms with van der Waals surface area (Å²) in [6.07, 6.45) is 6.79. The molecule has 0 aromatic heterocycles. The fourth-order valence-electron chi connectivity index (χ4n) is 3.03. The third-order valence-electron chi connectivity index (χ3n) is 3.82. The van der Waals surface area contributed by atoms with Gasteiger partial charge in [0.25, 0.3) is 0 Å². The number of nitrogens with two attached hydrogens (primary N) is 1. The van der Waals surface area contributed by atoms with E-state index in [0.29, 0.717) is 0 Å². The van der Waals surface area contributed by atoms with Gasteiger partial charge in [-0.15, -0.1) is 0 Å². The molecule has 2 saturated heterocycles. The molecule has 2 fully saturated rings. The predicted molar refractivity (Wildman–Crippen MR) is 68.3 cm³/mol. The van der Waals surface area contributed by atoms with Gasteiger partial charge in [-0.2, -0.15) is 11.8 Å². The highest BCUT2D eigenvalue weighted by atomic mass is 32.2. The lowest BCUT2D eigenvalue weighted by Crippen LogP contribution is -2.47. The third kappa shape index (κ3) is 2.89. The maximum absolute atomic E-state index is 5.72. The van der Waals surface area contributed by atoms with Crippen LogP contribution in [0.25, 0.3) is 0 Å². The molecule has 0 bridgehead atoms. The Hall–Kier alpha value is 0.270. The Morgan fingerprint density at radius 2 is 2.27 bits per heavy atom. The largest absolute Gasteiger partial charge is 0.330 e. The average Bonchev–Trinajstić information content (AvgIpc) is 2.66. The first-order chi connectivity index (χ1) is 7.31. The highest BCUT2D eigenvalue weighted by Crippen LogP contribution is 2.33. The Balaban J connectivity index is 1.92. The number of rotatable bonds is 3. The molecule has 0 aromatic rings. The van der Waals surface area contributed by atoms with Crippen LogP contribution in [0.3, 0.4) is 0 Å². The van der Waals surface area contributed by atoms with Gasteiger partial charge in [-0.3, -0.25) is 4.90 Å². The molecule has 0 saturated carbocycles. The second-order valence-electron chi connectivity index (χ2n) is 5.00. The van der Waals surface area contributed by atoms with Crippen molar-refractivity contribution >= 4 is 11.8 Å². The fourth-order valence-corrected chi connectivity index (χ4v) is 4.27. The van der Waals surface area contributed by atoms with E-state index in [-0.39, 0.29) is 0 Å². The highest BCUT2D eigenvalue weighted by molar-refractivity contribution is 8.00. The van der Waals surface area contributed by atoms with Crippen LogP contribution in [0.4, 0.5) is 0 Å². The highest BCUT2D eigenvalue weighted by Gasteiger charge is 2.32. The molecule has 3 unspecified atom stereocenters. The molecule has 15 heavy (non-hydrogen) atoms. The SMILES string of the molecule is CC1CC(N2CCCCC2CCN)CS1.